The van der Waals surface area contributed by atoms with Gasteiger partial charge in [-0.1, -0.05) is 17.8 Å². The predicted octanol–water partition coefficient (Wildman–Crippen LogP) is 2.11. The van der Waals surface area contributed by atoms with E-state index < -0.39 is 0 Å². The number of fused-ring (bicyclic) bond motifs is 2. The molecular formula is C19H20N8S. The van der Waals surface area contributed by atoms with Crippen molar-refractivity contribution in [1.29, 1.82) is 10.5 Å². The van der Waals surface area contributed by atoms with Crippen molar-refractivity contribution in [3.05, 3.63) is 36.2 Å². The first-order chi connectivity index (χ1) is 13.8. The van der Waals surface area contributed by atoms with Crippen molar-refractivity contribution < 1.29 is 0 Å². The van der Waals surface area contributed by atoms with E-state index in [0.29, 0.717) is 6.42 Å². The monoisotopic (exact) mass is 392 g/mol. The highest BCUT2D eigenvalue weighted by atomic mass is 32.2. The topological polar surface area (TPSA) is 104 Å². The molecule has 3 heterocycles. The predicted molar refractivity (Wildman–Crippen MR) is 105 cm³/mol. The van der Waals surface area contributed by atoms with E-state index in [0.717, 1.165) is 54.2 Å². The van der Waals surface area contributed by atoms with Crippen molar-refractivity contribution in [1.82, 2.24) is 25.1 Å². The van der Waals surface area contributed by atoms with Crippen molar-refractivity contribution in [2.75, 3.05) is 31.5 Å². The molecule has 8 nitrogen and oxygen atoms in total. The Balaban J connectivity index is 1.37. The van der Waals surface area contributed by atoms with Gasteiger partial charge in [0.1, 0.15) is 11.2 Å². The number of rotatable bonds is 5. The summed E-state index contributed by atoms with van der Waals surface area (Å²) in [6.45, 7) is 4.35. The Labute approximate surface area is 168 Å². The highest BCUT2D eigenvalue weighted by molar-refractivity contribution is 7.99. The van der Waals surface area contributed by atoms with E-state index in [2.05, 4.69) is 54.7 Å². The van der Waals surface area contributed by atoms with Gasteiger partial charge in [-0.3, -0.25) is 9.80 Å². The van der Waals surface area contributed by atoms with Gasteiger partial charge in [0.05, 0.1) is 18.2 Å². The number of benzene rings is 1. The molecule has 2 aliphatic heterocycles. The molecule has 1 fully saturated rings. The zero-order valence-electron chi connectivity index (χ0n) is 15.3. The minimum atomic E-state index is -0.191. The minimum Gasteiger partial charge on any atom is -0.337 e. The Morgan fingerprint density at radius 3 is 2.79 bits per heavy atom. The molecule has 1 saturated heterocycles. The Morgan fingerprint density at radius 2 is 2.00 bits per heavy atom. The summed E-state index contributed by atoms with van der Waals surface area (Å²) in [5.74, 6) is 0.805. The quantitative estimate of drug-likeness (QED) is 0.499. The maximum Gasteiger partial charge on any atom is 0.177 e. The van der Waals surface area contributed by atoms with E-state index in [-0.39, 0.29) is 6.17 Å². The average Bonchev–Trinajstić information content (AvgIpc) is 2.73. The lowest BCUT2D eigenvalue weighted by atomic mass is 10.1. The zero-order chi connectivity index (χ0) is 19.3. The second-order valence-electron chi connectivity index (χ2n) is 6.71. The van der Waals surface area contributed by atoms with Crippen LogP contribution in [0.2, 0.25) is 0 Å². The summed E-state index contributed by atoms with van der Waals surface area (Å²) in [5.41, 5.74) is 2.32. The average molecular weight is 392 g/mol. The second kappa shape index (κ2) is 8.44. The molecule has 142 valence electrons. The molecule has 9 heteroatoms. The molecule has 0 bridgehead atoms. The van der Waals surface area contributed by atoms with Gasteiger partial charge in [-0.05, 0) is 17.7 Å². The molecule has 0 saturated carbocycles. The lowest BCUT2D eigenvalue weighted by molar-refractivity contribution is 0.0859. The standard InChI is InChI=1S/C19H20N8S/c20-4-3-17(24-13-21)27-9-7-26(8-10-27)12-14-1-2-16-15(11-14)25-18-19(28-16)23-6-5-22-18/h1-2,5-6,11,17,24H,3,7-10,12H2,(H,22,25). The summed E-state index contributed by atoms with van der Waals surface area (Å²) in [6, 6.07) is 8.63. The molecule has 2 aromatic rings. The molecule has 2 N–H and O–H groups in total. The molecule has 0 amide bonds. The van der Waals surface area contributed by atoms with Gasteiger partial charge < -0.3 is 10.6 Å². The molecule has 0 spiro atoms. The smallest absolute Gasteiger partial charge is 0.177 e. The molecule has 28 heavy (non-hydrogen) atoms. The van der Waals surface area contributed by atoms with Crippen LogP contribution in [0.4, 0.5) is 11.5 Å². The van der Waals surface area contributed by atoms with Gasteiger partial charge in [-0.25, -0.2) is 9.97 Å². The summed E-state index contributed by atoms with van der Waals surface area (Å²) in [7, 11) is 0. The third-order valence-corrected chi connectivity index (χ3v) is 6.01. The summed E-state index contributed by atoms with van der Waals surface area (Å²) in [6.07, 6.45) is 5.49. The second-order valence-corrected chi connectivity index (χ2v) is 7.74. The summed E-state index contributed by atoms with van der Waals surface area (Å²) in [5, 5.41) is 24.8. The van der Waals surface area contributed by atoms with Crippen LogP contribution in [0.15, 0.2) is 40.5 Å². The fourth-order valence-electron chi connectivity index (χ4n) is 3.50. The van der Waals surface area contributed by atoms with Crippen LogP contribution in [0.1, 0.15) is 12.0 Å². The van der Waals surface area contributed by atoms with Crippen molar-refractivity contribution in [2.45, 2.75) is 29.1 Å². The van der Waals surface area contributed by atoms with E-state index in [9.17, 15) is 0 Å². The minimum absolute atomic E-state index is 0.191. The Morgan fingerprint density at radius 1 is 1.18 bits per heavy atom. The molecule has 1 aromatic carbocycles. The lowest BCUT2D eigenvalue weighted by Gasteiger charge is -2.38. The highest BCUT2D eigenvalue weighted by Gasteiger charge is 2.24. The summed E-state index contributed by atoms with van der Waals surface area (Å²) in [4.78, 5) is 14.4. The fraction of sp³-hybridized carbons (Fsp3) is 0.368. The maximum atomic E-state index is 8.95. The Bertz CT molecular complexity index is 910. The number of nitriles is 2. The van der Waals surface area contributed by atoms with E-state index in [1.807, 2.05) is 6.19 Å². The molecule has 1 unspecified atom stereocenters. The van der Waals surface area contributed by atoms with E-state index in [1.54, 1.807) is 24.2 Å². The normalized spacial score (nSPS) is 17.4. The molecular weight excluding hydrogens is 372 g/mol. The first-order valence-electron chi connectivity index (χ1n) is 9.13. The van der Waals surface area contributed by atoms with Gasteiger partial charge in [0.15, 0.2) is 12.0 Å². The van der Waals surface area contributed by atoms with Crippen LogP contribution in [0, 0.1) is 22.8 Å². The zero-order valence-corrected chi connectivity index (χ0v) is 16.1. The largest absolute Gasteiger partial charge is 0.337 e. The number of piperazine rings is 1. The Hall–Kier alpha value is -2.85. The SMILES string of the molecule is N#CCC(NC#N)N1CCN(Cc2ccc3c(c2)Nc2nccnc2S3)CC1. The number of hydrogen-bond donors (Lipinski definition) is 2. The van der Waals surface area contributed by atoms with E-state index in [1.165, 1.54) is 5.56 Å². The van der Waals surface area contributed by atoms with Crippen LogP contribution in [0.25, 0.3) is 0 Å². The van der Waals surface area contributed by atoms with Gasteiger partial charge >= 0.3 is 0 Å². The Kier molecular flexibility index (Phi) is 5.58. The number of nitrogens with one attached hydrogen (secondary N) is 2. The van der Waals surface area contributed by atoms with Crippen LogP contribution in [0.3, 0.4) is 0 Å². The highest BCUT2D eigenvalue weighted by Crippen LogP contribution is 2.42. The molecule has 1 aromatic heterocycles. The van der Waals surface area contributed by atoms with Crippen LogP contribution < -0.4 is 10.6 Å². The van der Waals surface area contributed by atoms with E-state index >= 15 is 0 Å². The fourth-order valence-corrected chi connectivity index (χ4v) is 4.38. The summed E-state index contributed by atoms with van der Waals surface area (Å²) >= 11 is 1.63. The summed E-state index contributed by atoms with van der Waals surface area (Å²) < 4.78 is 0. The van der Waals surface area contributed by atoms with Gasteiger partial charge in [-0.15, -0.1) is 0 Å². The molecule has 1 atom stereocenters. The van der Waals surface area contributed by atoms with Gasteiger partial charge in [-0.2, -0.15) is 10.5 Å². The molecule has 4 rings (SSSR count). The number of nitrogens with zero attached hydrogens (tertiary/aromatic N) is 6. The lowest BCUT2D eigenvalue weighted by Crippen LogP contribution is -2.53. The third kappa shape index (κ3) is 4.02. The number of anilines is 2. The number of hydrogen-bond acceptors (Lipinski definition) is 9. The van der Waals surface area contributed by atoms with E-state index in [4.69, 9.17) is 10.5 Å². The van der Waals surface area contributed by atoms with Crippen LogP contribution >= 0.6 is 11.8 Å². The van der Waals surface area contributed by atoms with Crippen molar-refractivity contribution in [3.63, 3.8) is 0 Å². The maximum absolute atomic E-state index is 8.95. The van der Waals surface area contributed by atoms with Crippen LogP contribution in [0.5, 0.6) is 0 Å². The van der Waals surface area contributed by atoms with Crippen molar-refractivity contribution in [2.24, 2.45) is 0 Å². The molecule has 0 radical (unpaired) electrons. The molecule has 0 aliphatic carbocycles. The van der Waals surface area contributed by atoms with Crippen LogP contribution in [-0.2, 0) is 6.54 Å². The van der Waals surface area contributed by atoms with Crippen LogP contribution in [-0.4, -0.2) is 52.1 Å². The van der Waals surface area contributed by atoms with Crippen molar-refractivity contribution >= 4 is 23.3 Å². The van der Waals surface area contributed by atoms with Gasteiger partial charge in [0.2, 0.25) is 0 Å². The van der Waals surface area contributed by atoms with Crippen molar-refractivity contribution in [3.8, 4) is 12.3 Å². The first kappa shape index (κ1) is 18.5. The van der Waals surface area contributed by atoms with Gasteiger partial charge in [0, 0.05) is 50.0 Å². The first-order valence-corrected chi connectivity index (χ1v) is 9.95. The van der Waals surface area contributed by atoms with Gasteiger partial charge in [0.25, 0.3) is 0 Å². The molecule has 2 aliphatic rings. The third-order valence-electron chi connectivity index (χ3n) is 4.94. The number of aromatic nitrogens is 2.